The molecule has 0 saturated carbocycles. The lowest BCUT2D eigenvalue weighted by Gasteiger charge is -2.14. The molecule has 90 valence electrons. The predicted molar refractivity (Wildman–Crippen MR) is 66.4 cm³/mol. The Labute approximate surface area is 101 Å². The monoisotopic (exact) mass is 241 g/mol. The molecule has 0 aliphatic heterocycles. The summed E-state index contributed by atoms with van der Waals surface area (Å²) < 4.78 is 5.43. The number of thiophene rings is 1. The molecule has 0 unspecified atom stereocenters. The quantitative estimate of drug-likeness (QED) is 0.830. The fourth-order valence-corrected chi connectivity index (χ4v) is 1.79. The second kappa shape index (κ2) is 6.66. The minimum atomic E-state index is -0.373. The van der Waals surface area contributed by atoms with Crippen molar-refractivity contribution in [2.45, 2.75) is 33.4 Å². The molecule has 0 bridgehead atoms. The molecule has 0 spiro atoms. The summed E-state index contributed by atoms with van der Waals surface area (Å²) in [5.41, 5.74) is 0. The number of hydrogen-bond donors (Lipinski definition) is 1. The van der Waals surface area contributed by atoms with Crippen molar-refractivity contribution in [2.75, 3.05) is 6.61 Å². The molecule has 1 atom stereocenters. The molecule has 0 fully saturated rings. The van der Waals surface area contributed by atoms with Crippen LogP contribution in [0, 0.1) is 5.92 Å². The van der Waals surface area contributed by atoms with Crippen molar-refractivity contribution in [3.63, 3.8) is 0 Å². The highest BCUT2D eigenvalue weighted by molar-refractivity contribution is 7.09. The first-order valence-electron chi connectivity index (χ1n) is 5.51. The molecule has 4 heteroatoms. The van der Waals surface area contributed by atoms with Crippen LogP contribution in [0.5, 0.6) is 0 Å². The summed E-state index contributed by atoms with van der Waals surface area (Å²) in [6.45, 7) is 7.12. The van der Waals surface area contributed by atoms with E-state index in [0.29, 0.717) is 19.1 Å². The predicted octanol–water partition coefficient (Wildman–Crippen LogP) is 2.43. The smallest absolute Gasteiger partial charge is 0.249 e. The Morgan fingerprint density at radius 3 is 2.81 bits per heavy atom. The maximum absolute atomic E-state index is 11.6. The molecule has 0 aromatic carbocycles. The zero-order valence-electron chi connectivity index (χ0n) is 10.0. The Morgan fingerprint density at radius 1 is 1.50 bits per heavy atom. The van der Waals surface area contributed by atoms with Gasteiger partial charge < -0.3 is 10.1 Å². The van der Waals surface area contributed by atoms with Crippen LogP contribution in [0.1, 0.15) is 25.6 Å². The van der Waals surface area contributed by atoms with Crippen molar-refractivity contribution >= 4 is 17.2 Å². The van der Waals surface area contributed by atoms with Gasteiger partial charge in [-0.3, -0.25) is 4.79 Å². The lowest BCUT2D eigenvalue weighted by Crippen LogP contribution is -2.34. The van der Waals surface area contributed by atoms with Crippen LogP contribution < -0.4 is 5.32 Å². The lowest BCUT2D eigenvalue weighted by atomic mass is 10.2. The first kappa shape index (κ1) is 13.2. The summed E-state index contributed by atoms with van der Waals surface area (Å²) in [5, 5.41) is 4.86. The summed E-state index contributed by atoms with van der Waals surface area (Å²) in [5.74, 6) is 0.404. The van der Waals surface area contributed by atoms with Crippen LogP contribution in [0.15, 0.2) is 17.5 Å². The minimum Gasteiger partial charge on any atom is -0.368 e. The summed E-state index contributed by atoms with van der Waals surface area (Å²) >= 11 is 1.64. The number of carbonyl (C=O) groups excluding carboxylic acids is 1. The van der Waals surface area contributed by atoms with Crippen LogP contribution in [0.4, 0.5) is 0 Å². The van der Waals surface area contributed by atoms with E-state index in [2.05, 4.69) is 19.2 Å². The van der Waals surface area contributed by atoms with E-state index in [4.69, 9.17) is 4.74 Å². The maximum atomic E-state index is 11.6. The van der Waals surface area contributed by atoms with Crippen LogP contribution >= 0.6 is 11.3 Å². The van der Waals surface area contributed by atoms with Gasteiger partial charge in [0.05, 0.1) is 6.54 Å². The third-order valence-electron chi connectivity index (χ3n) is 2.07. The van der Waals surface area contributed by atoms with Gasteiger partial charge in [0.1, 0.15) is 6.10 Å². The van der Waals surface area contributed by atoms with Crippen LogP contribution in [0.3, 0.4) is 0 Å². The van der Waals surface area contributed by atoms with E-state index in [1.807, 2.05) is 17.5 Å². The molecule has 1 N–H and O–H groups in total. The highest BCUT2D eigenvalue weighted by atomic mass is 32.1. The third-order valence-corrected chi connectivity index (χ3v) is 2.94. The van der Waals surface area contributed by atoms with Crippen molar-refractivity contribution in [1.29, 1.82) is 0 Å². The molecule has 1 amide bonds. The van der Waals surface area contributed by atoms with E-state index in [1.165, 1.54) is 0 Å². The van der Waals surface area contributed by atoms with Crippen molar-refractivity contribution in [2.24, 2.45) is 5.92 Å². The van der Waals surface area contributed by atoms with Crippen LogP contribution in [-0.4, -0.2) is 18.6 Å². The van der Waals surface area contributed by atoms with Crippen molar-refractivity contribution in [3.8, 4) is 0 Å². The molecular weight excluding hydrogens is 222 g/mol. The molecule has 0 radical (unpaired) electrons. The number of ether oxygens (including phenoxy) is 1. The van der Waals surface area contributed by atoms with E-state index >= 15 is 0 Å². The van der Waals surface area contributed by atoms with Gasteiger partial charge in [0.15, 0.2) is 0 Å². The first-order valence-corrected chi connectivity index (χ1v) is 6.39. The molecule has 1 rings (SSSR count). The SMILES string of the molecule is CC(C)CO[C@@H](C)C(=O)NCc1cccs1. The number of hydrogen-bond acceptors (Lipinski definition) is 3. The molecule has 0 aliphatic rings. The van der Waals surface area contributed by atoms with Crippen molar-refractivity contribution in [3.05, 3.63) is 22.4 Å². The zero-order chi connectivity index (χ0) is 12.0. The number of carbonyl (C=O) groups is 1. The van der Waals surface area contributed by atoms with Gasteiger partial charge in [0.2, 0.25) is 5.91 Å². The fraction of sp³-hybridized carbons (Fsp3) is 0.583. The van der Waals surface area contributed by atoms with Gasteiger partial charge in [0, 0.05) is 11.5 Å². The average Bonchev–Trinajstić information content (AvgIpc) is 2.75. The number of rotatable bonds is 6. The minimum absolute atomic E-state index is 0.0472. The summed E-state index contributed by atoms with van der Waals surface area (Å²) in [6.07, 6.45) is -0.373. The van der Waals surface area contributed by atoms with Crippen molar-refractivity contribution in [1.82, 2.24) is 5.32 Å². The molecule has 16 heavy (non-hydrogen) atoms. The van der Waals surface area contributed by atoms with Crippen LogP contribution in [0.25, 0.3) is 0 Å². The second-order valence-electron chi connectivity index (χ2n) is 4.17. The van der Waals surface area contributed by atoms with Gasteiger partial charge in [-0.05, 0) is 24.3 Å². The Hall–Kier alpha value is -0.870. The van der Waals surface area contributed by atoms with Gasteiger partial charge in [0.25, 0.3) is 0 Å². The largest absolute Gasteiger partial charge is 0.368 e. The van der Waals surface area contributed by atoms with Gasteiger partial charge in [-0.2, -0.15) is 0 Å². The lowest BCUT2D eigenvalue weighted by molar-refractivity contribution is -0.132. The molecular formula is C12H19NO2S. The highest BCUT2D eigenvalue weighted by Gasteiger charge is 2.13. The molecule has 0 aliphatic carbocycles. The van der Waals surface area contributed by atoms with Crippen LogP contribution in [-0.2, 0) is 16.1 Å². The number of amides is 1. The molecule has 3 nitrogen and oxygen atoms in total. The summed E-state index contributed by atoms with van der Waals surface area (Å²) in [7, 11) is 0. The molecule has 1 aromatic rings. The summed E-state index contributed by atoms with van der Waals surface area (Å²) in [4.78, 5) is 12.8. The Morgan fingerprint density at radius 2 is 2.25 bits per heavy atom. The fourth-order valence-electron chi connectivity index (χ4n) is 1.14. The maximum Gasteiger partial charge on any atom is 0.249 e. The second-order valence-corrected chi connectivity index (χ2v) is 5.20. The van der Waals surface area contributed by atoms with Gasteiger partial charge >= 0.3 is 0 Å². The average molecular weight is 241 g/mol. The van der Waals surface area contributed by atoms with E-state index in [-0.39, 0.29) is 12.0 Å². The van der Waals surface area contributed by atoms with Crippen molar-refractivity contribution < 1.29 is 9.53 Å². The van der Waals surface area contributed by atoms with E-state index in [9.17, 15) is 4.79 Å². The normalized spacial score (nSPS) is 12.8. The van der Waals surface area contributed by atoms with Gasteiger partial charge in [-0.25, -0.2) is 0 Å². The zero-order valence-corrected chi connectivity index (χ0v) is 10.8. The standard InChI is InChI=1S/C12H19NO2S/c1-9(2)8-15-10(3)12(14)13-7-11-5-4-6-16-11/h4-6,9-10H,7-8H2,1-3H3,(H,13,14)/t10-/m0/s1. The molecule has 1 heterocycles. The van der Waals surface area contributed by atoms with Gasteiger partial charge in [-0.1, -0.05) is 19.9 Å². The number of nitrogens with one attached hydrogen (secondary N) is 1. The Bertz CT molecular complexity index is 309. The van der Waals surface area contributed by atoms with E-state index < -0.39 is 0 Å². The van der Waals surface area contributed by atoms with E-state index in [1.54, 1.807) is 18.3 Å². The Kier molecular flexibility index (Phi) is 5.49. The Balaban J connectivity index is 2.23. The van der Waals surface area contributed by atoms with Gasteiger partial charge in [-0.15, -0.1) is 11.3 Å². The van der Waals surface area contributed by atoms with E-state index in [0.717, 1.165) is 4.88 Å². The van der Waals surface area contributed by atoms with Crippen LogP contribution in [0.2, 0.25) is 0 Å². The summed E-state index contributed by atoms with van der Waals surface area (Å²) in [6, 6.07) is 3.98. The molecule has 1 aromatic heterocycles. The highest BCUT2D eigenvalue weighted by Crippen LogP contribution is 2.07. The first-order chi connectivity index (χ1) is 7.59. The topological polar surface area (TPSA) is 38.3 Å². The third kappa shape index (κ3) is 4.77. The molecule has 0 saturated heterocycles.